The molecule has 1 fully saturated rings. The second-order valence-corrected chi connectivity index (χ2v) is 14.0. The Labute approximate surface area is 177 Å². The maximum atomic E-state index is 6.73. The number of hydrogen-bond donors (Lipinski definition) is 0. The summed E-state index contributed by atoms with van der Waals surface area (Å²) in [4.78, 5) is 2.80. The van der Waals surface area contributed by atoms with Crippen LogP contribution in [0.25, 0.3) is 0 Å². The first-order valence-corrected chi connectivity index (χ1v) is 14.6. The van der Waals surface area contributed by atoms with Crippen LogP contribution in [0.3, 0.4) is 0 Å². The van der Waals surface area contributed by atoms with Gasteiger partial charge in [0.05, 0.1) is 5.76 Å². The monoisotopic (exact) mass is 405 g/mol. The Kier molecular flexibility index (Phi) is 5.98. The summed E-state index contributed by atoms with van der Waals surface area (Å²) in [7, 11) is -1.64. The van der Waals surface area contributed by atoms with Gasteiger partial charge in [-0.15, -0.1) is 0 Å². The number of nitrogens with zero attached hydrogens (tertiary/aromatic N) is 1. The molecule has 0 saturated heterocycles. The van der Waals surface area contributed by atoms with Gasteiger partial charge in [-0.2, -0.15) is 0 Å². The van der Waals surface area contributed by atoms with Gasteiger partial charge in [0.2, 0.25) is 8.32 Å². The van der Waals surface area contributed by atoms with Crippen molar-refractivity contribution in [1.82, 2.24) is 4.90 Å². The van der Waals surface area contributed by atoms with E-state index in [1.165, 1.54) is 42.6 Å². The fourth-order valence-electron chi connectivity index (χ4n) is 5.16. The maximum Gasteiger partial charge on any atom is 0.241 e. The van der Waals surface area contributed by atoms with Crippen molar-refractivity contribution >= 4 is 8.32 Å². The van der Waals surface area contributed by atoms with Gasteiger partial charge in [-0.1, -0.05) is 67.1 Å². The van der Waals surface area contributed by atoms with Crippen LogP contribution < -0.4 is 0 Å². The second-order valence-electron chi connectivity index (χ2n) is 9.59. The van der Waals surface area contributed by atoms with Crippen LogP contribution in [0.15, 0.2) is 72.0 Å². The standard InChI is InChI=1S/C26H35NOSi/c1-20(21-13-7-5-8-14-21)27-24-18-12-11-17-23(24)26(28-29(2,3)4)19-25(27)22-15-9-6-10-16-22/h5-10,13-16,20,24-25H,11-12,17-19H2,1-4H3/t20-,24-,25+/m1/s1. The molecule has 0 aromatic heterocycles. The Balaban J connectivity index is 1.79. The molecule has 1 heterocycles. The van der Waals surface area contributed by atoms with E-state index in [1.54, 1.807) is 5.57 Å². The van der Waals surface area contributed by atoms with E-state index in [9.17, 15) is 0 Å². The van der Waals surface area contributed by atoms with Crippen LogP contribution in [-0.4, -0.2) is 19.3 Å². The third kappa shape index (κ3) is 4.51. The van der Waals surface area contributed by atoms with E-state index in [0.29, 0.717) is 18.1 Å². The number of fused-ring (bicyclic) bond motifs is 1. The molecule has 0 amide bonds. The first-order valence-electron chi connectivity index (χ1n) is 11.2. The zero-order valence-corrected chi connectivity index (χ0v) is 19.4. The summed E-state index contributed by atoms with van der Waals surface area (Å²) in [5.74, 6) is 1.32. The van der Waals surface area contributed by atoms with Crippen molar-refractivity contribution in [2.75, 3.05) is 0 Å². The topological polar surface area (TPSA) is 12.5 Å². The molecular formula is C26H35NOSi. The number of rotatable bonds is 5. The van der Waals surface area contributed by atoms with Crippen molar-refractivity contribution in [2.24, 2.45) is 0 Å². The minimum atomic E-state index is -1.64. The van der Waals surface area contributed by atoms with Gasteiger partial charge in [-0.05, 0) is 62.5 Å². The van der Waals surface area contributed by atoms with E-state index in [0.717, 1.165) is 6.42 Å². The van der Waals surface area contributed by atoms with Crippen LogP contribution in [0.1, 0.15) is 62.2 Å². The van der Waals surface area contributed by atoms with Gasteiger partial charge in [-0.3, -0.25) is 4.90 Å². The van der Waals surface area contributed by atoms with Gasteiger partial charge in [0.15, 0.2) is 0 Å². The molecule has 4 rings (SSSR count). The van der Waals surface area contributed by atoms with Crippen molar-refractivity contribution in [3.63, 3.8) is 0 Å². The molecule has 2 aromatic rings. The van der Waals surface area contributed by atoms with E-state index in [4.69, 9.17) is 4.43 Å². The van der Waals surface area contributed by atoms with E-state index in [2.05, 4.69) is 92.1 Å². The van der Waals surface area contributed by atoms with Crippen molar-refractivity contribution in [3.8, 4) is 0 Å². The van der Waals surface area contributed by atoms with E-state index < -0.39 is 8.32 Å². The molecule has 3 heteroatoms. The summed E-state index contributed by atoms with van der Waals surface area (Å²) in [6, 6.07) is 23.4. The molecule has 2 aliphatic rings. The first-order chi connectivity index (χ1) is 13.9. The number of hydrogen-bond acceptors (Lipinski definition) is 2. The number of benzene rings is 2. The molecule has 2 aromatic carbocycles. The fraction of sp³-hybridized carbons (Fsp3) is 0.462. The third-order valence-corrected chi connectivity index (χ3v) is 7.23. The second kappa shape index (κ2) is 8.49. The summed E-state index contributed by atoms with van der Waals surface area (Å²) >= 11 is 0. The van der Waals surface area contributed by atoms with Gasteiger partial charge < -0.3 is 4.43 Å². The van der Waals surface area contributed by atoms with Crippen LogP contribution in [0.4, 0.5) is 0 Å². The van der Waals surface area contributed by atoms with E-state index >= 15 is 0 Å². The Bertz CT molecular complexity index is 840. The van der Waals surface area contributed by atoms with Gasteiger partial charge in [-0.25, -0.2) is 0 Å². The molecule has 1 aliphatic heterocycles. The highest BCUT2D eigenvalue weighted by atomic mass is 28.4. The Morgan fingerprint density at radius 3 is 2.21 bits per heavy atom. The molecule has 0 bridgehead atoms. The smallest absolute Gasteiger partial charge is 0.241 e. The molecule has 3 atom stereocenters. The molecule has 0 spiro atoms. The lowest BCUT2D eigenvalue weighted by atomic mass is 9.80. The Hall–Kier alpha value is -1.84. The minimum Gasteiger partial charge on any atom is -0.547 e. The lowest BCUT2D eigenvalue weighted by Gasteiger charge is -2.50. The van der Waals surface area contributed by atoms with Gasteiger partial charge >= 0.3 is 0 Å². The van der Waals surface area contributed by atoms with Crippen LogP contribution in [0.5, 0.6) is 0 Å². The highest BCUT2D eigenvalue weighted by Gasteiger charge is 2.41. The quantitative estimate of drug-likeness (QED) is 0.486. The van der Waals surface area contributed by atoms with Crippen LogP contribution in [0.2, 0.25) is 19.6 Å². The van der Waals surface area contributed by atoms with Crippen molar-refractivity contribution < 1.29 is 4.43 Å². The maximum absolute atomic E-state index is 6.73. The molecule has 0 unspecified atom stereocenters. The van der Waals surface area contributed by atoms with E-state index in [-0.39, 0.29) is 0 Å². The van der Waals surface area contributed by atoms with Gasteiger partial charge in [0.1, 0.15) is 0 Å². The van der Waals surface area contributed by atoms with Crippen molar-refractivity contribution in [3.05, 3.63) is 83.1 Å². The molecular weight excluding hydrogens is 370 g/mol. The molecule has 154 valence electrons. The minimum absolute atomic E-state index is 0.365. The van der Waals surface area contributed by atoms with Crippen LogP contribution in [-0.2, 0) is 4.43 Å². The zero-order chi connectivity index (χ0) is 20.4. The fourth-order valence-corrected chi connectivity index (χ4v) is 6.12. The average molecular weight is 406 g/mol. The molecule has 0 N–H and O–H groups in total. The summed E-state index contributed by atoms with van der Waals surface area (Å²) in [6.45, 7) is 9.33. The van der Waals surface area contributed by atoms with Crippen molar-refractivity contribution in [1.29, 1.82) is 0 Å². The lowest BCUT2D eigenvalue weighted by molar-refractivity contribution is 0.0614. The van der Waals surface area contributed by atoms with Crippen LogP contribution in [0, 0.1) is 0 Å². The summed E-state index contributed by atoms with van der Waals surface area (Å²) in [5.41, 5.74) is 4.41. The SMILES string of the molecule is C[C@H](c1ccccc1)N1[C@@H]2CCCCC2=C(O[Si](C)(C)C)C[C@H]1c1ccccc1. The molecule has 29 heavy (non-hydrogen) atoms. The normalized spacial score (nSPS) is 24.1. The zero-order valence-electron chi connectivity index (χ0n) is 18.4. The predicted octanol–water partition coefficient (Wildman–Crippen LogP) is 7.24. The predicted molar refractivity (Wildman–Crippen MR) is 124 cm³/mol. The Morgan fingerprint density at radius 1 is 0.897 bits per heavy atom. The summed E-state index contributed by atoms with van der Waals surface area (Å²) in [6.07, 6.45) is 6.05. The van der Waals surface area contributed by atoms with Gasteiger partial charge in [0, 0.05) is 24.5 Å². The van der Waals surface area contributed by atoms with Crippen LogP contribution >= 0.6 is 0 Å². The highest BCUT2D eigenvalue weighted by Crippen LogP contribution is 2.48. The van der Waals surface area contributed by atoms with Crippen molar-refractivity contribution in [2.45, 2.75) is 76.8 Å². The van der Waals surface area contributed by atoms with E-state index in [1.807, 2.05) is 0 Å². The molecule has 1 aliphatic carbocycles. The lowest BCUT2D eigenvalue weighted by Crippen LogP contribution is -2.47. The molecule has 2 nitrogen and oxygen atoms in total. The average Bonchev–Trinajstić information content (AvgIpc) is 2.73. The first kappa shape index (κ1) is 20.4. The molecule has 1 saturated carbocycles. The highest BCUT2D eigenvalue weighted by molar-refractivity contribution is 6.70. The third-order valence-electron chi connectivity index (χ3n) is 6.38. The molecule has 0 radical (unpaired) electrons. The summed E-state index contributed by atoms with van der Waals surface area (Å²) < 4.78 is 6.73. The Morgan fingerprint density at radius 2 is 1.55 bits per heavy atom. The summed E-state index contributed by atoms with van der Waals surface area (Å²) in [5, 5.41) is 0. The van der Waals surface area contributed by atoms with Gasteiger partial charge in [0.25, 0.3) is 0 Å². The largest absolute Gasteiger partial charge is 0.547 e.